The van der Waals surface area contributed by atoms with Crippen molar-refractivity contribution in [3.05, 3.63) is 65.2 Å². The summed E-state index contributed by atoms with van der Waals surface area (Å²) in [5, 5.41) is 0. The Morgan fingerprint density at radius 3 is 1.45 bits per heavy atom. The van der Waals surface area contributed by atoms with Gasteiger partial charge in [-0.05, 0) is 85.2 Å². The second-order valence-electron chi connectivity index (χ2n) is 18.0. The molecule has 4 rings (SSSR count). The van der Waals surface area contributed by atoms with Crippen LogP contribution in [0, 0.1) is 10.8 Å². The van der Waals surface area contributed by atoms with E-state index in [-0.39, 0.29) is 24.5 Å². The molecule has 1 amide bonds. The lowest BCUT2D eigenvalue weighted by molar-refractivity contribution is -0.129. The number of ketones is 1. The zero-order valence-electron chi connectivity index (χ0n) is 39.8. The number of likely N-dealkylation sites (N-methyl/N-ethyl adjacent to an activating group) is 1. The van der Waals surface area contributed by atoms with E-state index in [1.54, 1.807) is 13.8 Å². The highest BCUT2D eigenvalue weighted by atomic mass is 16.2. The van der Waals surface area contributed by atoms with E-state index in [1.807, 2.05) is 46.4 Å². The molecule has 1 atom stereocenters. The molecule has 6 nitrogen and oxygen atoms in total. The van der Waals surface area contributed by atoms with Crippen molar-refractivity contribution in [1.29, 1.82) is 0 Å². The molecular weight excluding hydrogens is 689 g/mol. The lowest BCUT2D eigenvalue weighted by Crippen LogP contribution is -2.48. The van der Waals surface area contributed by atoms with E-state index in [0.29, 0.717) is 17.3 Å². The lowest BCUT2D eigenvalue weighted by Gasteiger charge is -2.38. The molecule has 2 aromatic carbocycles. The summed E-state index contributed by atoms with van der Waals surface area (Å²) in [6, 6.07) is 18.0. The second-order valence-corrected chi connectivity index (χ2v) is 18.0. The van der Waals surface area contributed by atoms with Crippen LogP contribution < -0.4 is 4.90 Å². The normalized spacial score (nSPS) is 15.2. The van der Waals surface area contributed by atoms with Gasteiger partial charge in [0, 0.05) is 77.4 Å². The number of carbonyl (C=O) groups excluding carboxylic acids is 2. The predicted molar refractivity (Wildman–Crippen MR) is 252 cm³/mol. The Kier molecular flexibility index (Phi) is 30.4. The van der Waals surface area contributed by atoms with Gasteiger partial charge in [-0.25, -0.2) is 0 Å². The summed E-state index contributed by atoms with van der Waals surface area (Å²) < 4.78 is 0. The molecule has 2 aliphatic heterocycles. The fourth-order valence-electron chi connectivity index (χ4n) is 6.36. The number of nitrogens with zero attached hydrogens (tertiary/aromatic N) is 4. The predicted octanol–water partition coefficient (Wildman–Crippen LogP) is 12.2. The van der Waals surface area contributed by atoms with E-state index in [4.69, 9.17) is 0 Å². The van der Waals surface area contributed by atoms with Gasteiger partial charge in [-0.1, -0.05) is 148 Å². The molecule has 56 heavy (non-hydrogen) atoms. The number of anilines is 1. The highest BCUT2D eigenvalue weighted by molar-refractivity contribution is 5.78. The van der Waals surface area contributed by atoms with Crippen LogP contribution in [0.2, 0.25) is 0 Å². The van der Waals surface area contributed by atoms with Gasteiger partial charge in [0.25, 0.3) is 0 Å². The molecule has 0 aliphatic carbocycles. The van der Waals surface area contributed by atoms with E-state index >= 15 is 0 Å². The number of carbonyl (C=O) groups is 2. The number of amides is 1. The van der Waals surface area contributed by atoms with Crippen molar-refractivity contribution < 1.29 is 9.59 Å². The minimum Gasteiger partial charge on any atom is -0.368 e. The SMILES string of the molecule is C.CC.CC.CC.CC(=O)Cc1ccc(CCC(C)(C)C)cc1.CC(=O)N1CCN(c2ccc(C(C)(C)C)cc2)CC1.C[C@@H](CC(C)(C)C)N1CCN(C)CC1. The number of benzene rings is 2. The molecule has 6 heteroatoms. The van der Waals surface area contributed by atoms with Gasteiger partial charge >= 0.3 is 0 Å². The average molecular weight is 783 g/mol. The molecule has 326 valence electrons. The summed E-state index contributed by atoms with van der Waals surface area (Å²) in [4.78, 5) is 31.6. The molecule has 2 heterocycles. The second kappa shape index (κ2) is 29.5. The molecule has 2 fully saturated rings. The molecule has 0 unspecified atom stereocenters. The Morgan fingerprint density at radius 1 is 0.625 bits per heavy atom. The maximum absolute atomic E-state index is 11.3. The lowest BCUT2D eigenvalue weighted by atomic mass is 9.87. The first-order chi connectivity index (χ1) is 25.6. The van der Waals surface area contributed by atoms with Crippen molar-refractivity contribution in [3.63, 3.8) is 0 Å². The van der Waals surface area contributed by atoms with E-state index in [9.17, 15) is 9.59 Å². The van der Waals surface area contributed by atoms with Crippen LogP contribution in [0.15, 0.2) is 48.5 Å². The van der Waals surface area contributed by atoms with Crippen LogP contribution in [0.1, 0.15) is 162 Å². The highest BCUT2D eigenvalue weighted by Crippen LogP contribution is 2.26. The van der Waals surface area contributed by atoms with Crippen molar-refractivity contribution in [2.45, 2.75) is 169 Å². The van der Waals surface area contributed by atoms with Crippen LogP contribution in [0.3, 0.4) is 0 Å². The Labute approximate surface area is 350 Å². The van der Waals surface area contributed by atoms with Crippen LogP contribution in [0.4, 0.5) is 5.69 Å². The molecule has 0 aromatic heterocycles. The zero-order chi connectivity index (χ0) is 43.0. The Morgan fingerprint density at radius 2 is 1.07 bits per heavy atom. The van der Waals surface area contributed by atoms with Gasteiger partial charge < -0.3 is 14.7 Å². The summed E-state index contributed by atoms with van der Waals surface area (Å²) >= 11 is 0. The fourth-order valence-corrected chi connectivity index (χ4v) is 6.36. The quantitative estimate of drug-likeness (QED) is 0.280. The third-order valence-corrected chi connectivity index (χ3v) is 9.53. The zero-order valence-corrected chi connectivity index (χ0v) is 39.8. The molecule has 2 aliphatic rings. The standard InChI is InChI=1S/C16H24N2O.C15H22O.C12H26N2.3C2H6.CH4/c1-13(19)17-9-11-18(12-10-17)15-7-5-14(6-8-15)16(2,3)4;1-12(16)11-14-7-5-13(6-8-14)9-10-15(2,3)4;1-11(10-12(2,3)4)14-8-6-13(5)7-9-14;3*1-2;/h5-8H,9-12H2,1-4H3;5-8H,9-11H2,1-4H3;11H,6-10H2,1-5H3;3*1-2H3;1H4/t;;11-;;;;/m..0..../s1. The van der Waals surface area contributed by atoms with Crippen LogP contribution >= 0.6 is 0 Å². The number of Topliss-reactive ketones (excluding diaryl/α,β-unsaturated/α-hetero) is 1. The topological polar surface area (TPSA) is 47.1 Å². The smallest absolute Gasteiger partial charge is 0.219 e. The van der Waals surface area contributed by atoms with Crippen molar-refractivity contribution in [3.8, 4) is 0 Å². The largest absolute Gasteiger partial charge is 0.368 e. The molecule has 0 radical (unpaired) electrons. The summed E-state index contributed by atoms with van der Waals surface area (Å²) in [7, 11) is 2.21. The van der Waals surface area contributed by atoms with Crippen molar-refractivity contribution in [1.82, 2.24) is 14.7 Å². The summed E-state index contributed by atoms with van der Waals surface area (Å²) in [6.45, 7) is 46.6. The number of rotatable bonds is 7. The first-order valence-electron chi connectivity index (χ1n) is 21.7. The van der Waals surface area contributed by atoms with Crippen LogP contribution in [-0.4, -0.2) is 91.8 Å². The molecule has 2 saturated heterocycles. The van der Waals surface area contributed by atoms with Gasteiger partial charge in [0.05, 0.1) is 0 Å². The van der Waals surface area contributed by atoms with Gasteiger partial charge in [0.1, 0.15) is 5.78 Å². The third kappa shape index (κ3) is 26.3. The van der Waals surface area contributed by atoms with Gasteiger partial charge in [-0.2, -0.15) is 0 Å². The minimum absolute atomic E-state index is 0. The maximum Gasteiger partial charge on any atom is 0.219 e. The maximum atomic E-state index is 11.3. The van der Waals surface area contributed by atoms with Crippen molar-refractivity contribution in [2.75, 3.05) is 64.3 Å². The molecule has 2 aromatic rings. The van der Waals surface area contributed by atoms with E-state index in [1.165, 1.54) is 55.8 Å². The molecular formula is C50H94N4O2. The van der Waals surface area contributed by atoms with E-state index in [0.717, 1.165) is 44.2 Å². The Hall–Kier alpha value is -2.70. The van der Waals surface area contributed by atoms with Gasteiger partial charge in [0.15, 0.2) is 0 Å². The summed E-state index contributed by atoms with van der Waals surface area (Å²) in [5.41, 5.74) is 6.15. The number of hydrogen-bond acceptors (Lipinski definition) is 5. The first-order valence-corrected chi connectivity index (χ1v) is 21.7. The van der Waals surface area contributed by atoms with E-state index in [2.05, 4.69) is 140 Å². The van der Waals surface area contributed by atoms with Crippen LogP contribution in [0.25, 0.3) is 0 Å². The van der Waals surface area contributed by atoms with Crippen LogP contribution in [0.5, 0.6) is 0 Å². The van der Waals surface area contributed by atoms with Crippen LogP contribution in [-0.2, 0) is 27.8 Å². The molecule has 0 saturated carbocycles. The number of piperazine rings is 2. The summed E-state index contributed by atoms with van der Waals surface area (Å²) in [5.74, 6) is 0.408. The fraction of sp³-hybridized carbons (Fsp3) is 0.720. The average Bonchev–Trinajstić information content (AvgIpc) is 3.13. The molecule has 0 spiro atoms. The Bertz CT molecular complexity index is 1250. The van der Waals surface area contributed by atoms with Gasteiger partial charge in [0.2, 0.25) is 5.91 Å². The monoisotopic (exact) mass is 783 g/mol. The van der Waals surface area contributed by atoms with Gasteiger partial charge in [-0.15, -0.1) is 0 Å². The number of hydrogen-bond donors (Lipinski definition) is 0. The highest BCUT2D eigenvalue weighted by Gasteiger charge is 2.23. The Balaban J connectivity index is -0.000000705. The molecule has 0 bridgehead atoms. The van der Waals surface area contributed by atoms with E-state index < -0.39 is 0 Å². The molecule has 0 N–H and O–H groups in total. The third-order valence-electron chi connectivity index (χ3n) is 9.53. The van der Waals surface area contributed by atoms with Gasteiger partial charge in [-0.3, -0.25) is 14.5 Å². The summed E-state index contributed by atoms with van der Waals surface area (Å²) in [6.07, 6.45) is 4.17. The first kappa shape index (κ1) is 57.6. The van der Waals surface area contributed by atoms with Crippen molar-refractivity contribution >= 4 is 17.4 Å². The number of aryl methyl sites for hydroxylation is 1. The minimum atomic E-state index is 0. The van der Waals surface area contributed by atoms with Crippen molar-refractivity contribution in [2.24, 2.45) is 10.8 Å².